The summed E-state index contributed by atoms with van der Waals surface area (Å²) in [6.45, 7) is 0.441. The van der Waals surface area contributed by atoms with Crippen molar-refractivity contribution in [3.63, 3.8) is 0 Å². The van der Waals surface area contributed by atoms with Gasteiger partial charge in [0.15, 0.2) is 11.5 Å². The van der Waals surface area contributed by atoms with E-state index < -0.39 is 5.41 Å². The number of carbonyl (C=O) groups excluding carboxylic acids is 2. The molecule has 4 rings (SSSR count). The predicted molar refractivity (Wildman–Crippen MR) is 83.4 cm³/mol. The first-order chi connectivity index (χ1) is 11.7. The molecule has 0 radical (unpaired) electrons. The zero-order chi connectivity index (χ0) is 16.6. The molecule has 7 heteroatoms. The van der Waals surface area contributed by atoms with Gasteiger partial charge in [0.25, 0.3) is 0 Å². The molecule has 2 N–H and O–H groups in total. The SMILES string of the molecule is O=C(NCc1ccco1)C1(C(=O)Nc2ccc3c(c2)OCO3)CC1. The molecule has 0 bridgehead atoms. The van der Waals surface area contributed by atoms with E-state index in [4.69, 9.17) is 13.9 Å². The number of carbonyl (C=O) groups is 2. The number of anilines is 1. The van der Waals surface area contributed by atoms with Gasteiger partial charge in [0.1, 0.15) is 11.2 Å². The molecule has 2 aromatic rings. The lowest BCUT2D eigenvalue weighted by Gasteiger charge is -2.15. The summed E-state index contributed by atoms with van der Waals surface area (Å²) in [5, 5.41) is 5.55. The van der Waals surface area contributed by atoms with E-state index in [2.05, 4.69) is 10.6 Å². The highest BCUT2D eigenvalue weighted by molar-refractivity contribution is 6.13. The second-order valence-corrected chi connectivity index (χ2v) is 5.87. The number of hydrogen-bond acceptors (Lipinski definition) is 5. The number of furan rings is 1. The minimum Gasteiger partial charge on any atom is -0.467 e. The van der Waals surface area contributed by atoms with Gasteiger partial charge in [-0.2, -0.15) is 0 Å². The average molecular weight is 328 g/mol. The van der Waals surface area contributed by atoms with E-state index in [0.29, 0.717) is 35.8 Å². The van der Waals surface area contributed by atoms with Crippen molar-refractivity contribution >= 4 is 17.5 Å². The normalized spacial score (nSPS) is 16.5. The van der Waals surface area contributed by atoms with Crippen LogP contribution in [0.15, 0.2) is 41.0 Å². The van der Waals surface area contributed by atoms with Gasteiger partial charge in [0.05, 0.1) is 12.8 Å². The van der Waals surface area contributed by atoms with Crippen LogP contribution in [-0.2, 0) is 16.1 Å². The van der Waals surface area contributed by atoms with Crippen molar-refractivity contribution in [2.45, 2.75) is 19.4 Å². The van der Waals surface area contributed by atoms with Gasteiger partial charge < -0.3 is 24.5 Å². The van der Waals surface area contributed by atoms with Crippen LogP contribution in [0.1, 0.15) is 18.6 Å². The lowest BCUT2D eigenvalue weighted by molar-refractivity contribution is -0.134. The van der Waals surface area contributed by atoms with E-state index in [9.17, 15) is 9.59 Å². The topological polar surface area (TPSA) is 89.8 Å². The van der Waals surface area contributed by atoms with Crippen LogP contribution in [0.4, 0.5) is 5.69 Å². The highest BCUT2D eigenvalue weighted by atomic mass is 16.7. The number of nitrogens with one attached hydrogen (secondary N) is 2. The van der Waals surface area contributed by atoms with E-state index >= 15 is 0 Å². The van der Waals surface area contributed by atoms with Gasteiger partial charge in [-0.25, -0.2) is 0 Å². The van der Waals surface area contributed by atoms with Crippen molar-refractivity contribution in [3.8, 4) is 11.5 Å². The van der Waals surface area contributed by atoms with Gasteiger partial charge in [0, 0.05) is 11.8 Å². The molecule has 0 atom stereocenters. The van der Waals surface area contributed by atoms with E-state index in [1.54, 1.807) is 36.6 Å². The van der Waals surface area contributed by atoms with E-state index in [-0.39, 0.29) is 25.2 Å². The van der Waals surface area contributed by atoms with Crippen LogP contribution >= 0.6 is 0 Å². The van der Waals surface area contributed by atoms with Crippen LogP contribution in [0.5, 0.6) is 11.5 Å². The first-order valence-corrected chi connectivity index (χ1v) is 7.69. The monoisotopic (exact) mass is 328 g/mol. The summed E-state index contributed by atoms with van der Waals surface area (Å²) >= 11 is 0. The lowest BCUT2D eigenvalue weighted by atomic mass is 10.0. The Balaban J connectivity index is 1.40. The fraction of sp³-hybridized carbons (Fsp3) is 0.294. The first-order valence-electron chi connectivity index (χ1n) is 7.69. The molecule has 0 spiro atoms. The van der Waals surface area contributed by atoms with E-state index in [1.807, 2.05) is 0 Å². The van der Waals surface area contributed by atoms with Gasteiger partial charge in [-0.05, 0) is 37.1 Å². The number of hydrogen-bond donors (Lipinski definition) is 2. The number of benzene rings is 1. The molecule has 2 aliphatic rings. The van der Waals surface area contributed by atoms with Crippen LogP contribution in [0, 0.1) is 5.41 Å². The van der Waals surface area contributed by atoms with Crippen molar-refractivity contribution in [1.29, 1.82) is 0 Å². The smallest absolute Gasteiger partial charge is 0.240 e. The standard InChI is InChI=1S/C17H16N2O5/c20-15(18-9-12-2-1-7-22-12)17(5-6-17)16(21)19-11-3-4-13-14(8-11)24-10-23-13/h1-4,7-8H,5-6,9-10H2,(H,18,20)(H,19,21). The zero-order valence-corrected chi connectivity index (χ0v) is 12.8. The van der Waals surface area contributed by atoms with Crippen molar-refractivity contribution in [2.24, 2.45) is 5.41 Å². The Bertz CT molecular complexity index is 780. The summed E-state index contributed by atoms with van der Waals surface area (Å²) in [7, 11) is 0. The molecule has 24 heavy (non-hydrogen) atoms. The molecule has 2 heterocycles. The summed E-state index contributed by atoms with van der Waals surface area (Å²) in [6.07, 6.45) is 2.61. The average Bonchev–Trinajstić information content (AvgIpc) is 3.02. The maximum Gasteiger partial charge on any atom is 0.240 e. The van der Waals surface area contributed by atoms with Crippen LogP contribution in [0.25, 0.3) is 0 Å². The van der Waals surface area contributed by atoms with Gasteiger partial charge in [0.2, 0.25) is 18.6 Å². The highest BCUT2D eigenvalue weighted by Gasteiger charge is 2.56. The second kappa shape index (κ2) is 5.59. The molecule has 1 aliphatic heterocycles. The molecule has 0 saturated heterocycles. The summed E-state index contributed by atoms with van der Waals surface area (Å²) in [5.41, 5.74) is -0.419. The second-order valence-electron chi connectivity index (χ2n) is 5.87. The Morgan fingerprint density at radius 3 is 2.67 bits per heavy atom. The van der Waals surface area contributed by atoms with Gasteiger partial charge >= 0.3 is 0 Å². The number of ether oxygens (including phenoxy) is 2. The van der Waals surface area contributed by atoms with E-state index in [0.717, 1.165) is 0 Å². The largest absolute Gasteiger partial charge is 0.467 e. The third-order valence-corrected chi connectivity index (χ3v) is 4.25. The third-order valence-electron chi connectivity index (χ3n) is 4.25. The molecule has 1 aromatic heterocycles. The molecule has 2 amide bonds. The molecule has 1 aliphatic carbocycles. The third kappa shape index (κ3) is 2.58. The van der Waals surface area contributed by atoms with Crippen LogP contribution in [0.2, 0.25) is 0 Å². The van der Waals surface area contributed by atoms with Crippen LogP contribution in [-0.4, -0.2) is 18.6 Å². The fourth-order valence-electron chi connectivity index (χ4n) is 2.66. The molecule has 1 aromatic carbocycles. The minimum absolute atomic E-state index is 0.172. The van der Waals surface area contributed by atoms with Crippen LogP contribution in [0.3, 0.4) is 0 Å². The Kier molecular flexibility index (Phi) is 3.41. The first kappa shape index (κ1) is 14.6. The highest BCUT2D eigenvalue weighted by Crippen LogP contribution is 2.47. The minimum atomic E-state index is -0.997. The predicted octanol–water partition coefficient (Wildman–Crippen LogP) is 2.04. The number of fused-ring (bicyclic) bond motifs is 1. The Labute approximate surface area is 137 Å². The molecule has 124 valence electrons. The van der Waals surface area contributed by atoms with Gasteiger partial charge in [-0.1, -0.05) is 0 Å². The van der Waals surface area contributed by atoms with Gasteiger partial charge in [-0.3, -0.25) is 9.59 Å². The van der Waals surface area contributed by atoms with Gasteiger partial charge in [-0.15, -0.1) is 0 Å². The van der Waals surface area contributed by atoms with Crippen molar-refractivity contribution in [2.75, 3.05) is 12.1 Å². The maximum atomic E-state index is 12.5. The van der Waals surface area contributed by atoms with E-state index in [1.165, 1.54) is 0 Å². The summed E-state index contributed by atoms with van der Waals surface area (Å²) < 4.78 is 15.7. The number of rotatable bonds is 5. The molecule has 0 unspecified atom stereocenters. The summed E-state index contributed by atoms with van der Waals surface area (Å²) in [6, 6.07) is 8.67. The molecule has 1 fully saturated rings. The summed E-state index contributed by atoms with van der Waals surface area (Å²) in [4.78, 5) is 24.9. The molecule has 7 nitrogen and oxygen atoms in total. The van der Waals surface area contributed by atoms with Crippen LogP contribution < -0.4 is 20.1 Å². The molecule has 1 saturated carbocycles. The Morgan fingerprint density at radius 2 is 1.92 bits per heavy atom. The maximum absolute atomic E-state index is 12.5. The van der Waals surface area contributed by atoms with Crippen molar-refractivity contribution in [3.05, 3.63) is 42.4 Å². The lowest BCUT2D eigenvalue weighted by Crippen LogP contribution is -2.39. The Hall–Kier alpha value is -2.96. The van der Waals surface area contributed by atoms with Crippen molar-refractivity contribution < 1.29 is 23.5 Å². The quantitative estimate of drug-likeness (QED) is 0.820. The van der Waals surface area contributed by atoms with Crippen molar-refractivity contribution in [1.82, 2.24) is 5.32 Å². The molecular weight excluding hydrogens is 312 g/mol. The fourth-order valence-corrected chi connectivity index (χ4v) is 2.66. The number of amides is 2. The zero-order valence-electron chi connectivity index (χ0n) is 12.8. The Morgan fingerprint density at radius 1 is 1.08 bits per heavy atom. The summed E-state index contributed by atoms with van der Waals surface area (Å²) in [5.74, 6) is 1.29. The molecular formula is C17H16N2O5.